The second-order valence-corrected chi connectivity index (χ2v) is 5.54. The molecule has 5 nitrogen and oxygen atoms in total. The summed E-state index contributed by atoms with van der Waals surface area (Å²) in [5.74, 6) is 1.80. The van der Waals surface area contributed by atoms with E-state index in [1.165, 1.54) is 0 Å². The number of morpholine rings is 1. The summed E-state index contributed by atoms with van der Waals surface area (Å²) in [6.45, 7) is 8.78. The molecule has 6 heteroatoms. The zero-order valence-electron chi connectivity index (χ0n) is 11.7. The molecule has 0 aliphatic carbocycles. The molecule has 1 N–H and O–H groups in total. The van der Waals surface area contributed by atoms with Gasteiger partial charge in [0.2, 0.25) is 0 Å². The summed E-state index contributed by atoms with van der Waals surface area (Å²) in [6.07, 6.45) is 2.89. The zero-order valence-corrected chi connectivity index (χ0v) is 13.3. The highest BCUT2D eigenvalue weighted by atomic mass is 79.9. The number of nitrogens with zero attached hydrogens (tertiary/aromatic N) is 3. The van der Waals surface area contributed by atoms with E-state index >= 15 is 0 Å². The SMILES string of the molecule is CCNc1ncnc(N2CC(C)OCC2CC)c1Br. The fourth-order valence-corrected chi connectivity index (χ4v) is 2.87. The average Bonchev–Trinajstić information content (AvgIpc) is 2.41. The van der Waals surface area contributed by atoms with Gasteiger partial charge in [-0.3, -0.25) is 0 Å². The van der Waals surface area contributed by atoms with Gasteiger partial charge in [0.25, 0.3) is 0 Å². The lowest BCUT2D eigenvalue weighted by molar-refractivity contribution is 0.0295. The van der Waals surface area contributed by atoms with Gasteiger partial charge in [-0.05, 0) is 36.2 Å². The minimum atomic E-state index is 0.229. The molecule has 1 aliphatic heterocycles. The topological polar surface area (TPSA) is 50.3 Å². The number of hydrogen-bond acceptors (Lipinski definition) is 5. The standard InChI is InChI=1S/C13H21BrN4O/c1-4-10-7-19-9(3)6-18(10)13-11(14)12(15-5-2)16-8-17-13/h8-10H,4-7H2,1-3H3,(H,15,16,17). The molecule has 19 heavy (non-hydrogen) atoms. The van der Waals surface area contributed by atoms with Crippen molar-refractivity contribution >= 4 is 27.6 Å². The number of aromatic nitrogens is 2. The Kier molecular flexibility index (Phi) is 4.99. The van der Waals surface area contributed by atoms with E-state index in [0.29, 0.717) is 6.04 Å². The largest absolute Gasteiger partial charge is 0.375 e. The lowest BCUT2D eigenvalue weighted by Crippen LogP contribution is -2.49. The van der Waals surface area contributed by atoms with Crippen LogP contribution in [-0.2, 0) is 4.74 Å². The highest BCUT2D eigenvalue weighted by Gasteiger charge is 2.28. The van der Waals surface area contributed by atoms with Crippen LogP contribution in [0.5, 0.6) is 0 Å². The Balaban J connectivity index is 2.30. The average molecular weight is 329 g/mol. The normalized spacial score (nSPS) is 23.5. The molecule has 1 fully saturated rings. The first-order chi connectivity index (χ1) is 9.17. The Hall–Kier alpha value is -0.880. The molecule has 0 saturated carbocycles. The van der Waals surface area contributed by atoms with Crippen molar-refractivity contribution in [2.24, 2.45) is 0 Å². The second-order valence-electron chi connectivity index (χ2n) is 4.75. The van der Waals surface area contributed by atoms with Crippen molar-refractivity contribution in [3.05, 3.63) is 10.8 Å². The summed E-state index contributed by atoms with van der Waals surface area (Å²) >= 11 is 3.62. The van der Waals surface area contributed by atoms with Gasteiger partial charge in [0, 0.05) is 13.1 Å². The Bertz CT molecular complexity index is 429. The van der Waals surface area contributed by atoms with Crippen molar-refractivity contribution in [1.82, 2.24) is 9.97 Å². The van der Waals surface area contributed by atoms with Crippen LogP contribution in [0.25, 0.3) is 0 Å². The van der Waals surface area contributed by atoms with Gasteiger partial charge in [0.15, 0.2) is 0 Å². The molecule has 2 unspecified atom stereocenters. The molecule has 1 aliphatic rings. The van der Waals surface area contributed by atoms with Crippen molar-refractivity contribution in [2.45, 2.75) is 39.3 Å². The number of rotatable bonds is 4. The molecule has 1 saturated heterocycles. The van der Waals surface area contributed by atoms with Crippen LogP contribution in [0.2, 0.25) is 0 Å². The molecule has 1 aromatic rings. The number of nitrogens with one attached hydrogen (secondary N) is 1. The van der Waals surface area contributed by atoms with Crippen LogP contribution in [0, 0.1) is 0 Å². The maximum Gasteiger partial charge on any atom is 0.148 e. The minimum Gasteiger partial charge on any atom is -0.375 e. The summed E-state index contributed by atoms with van der Waals surface area (Å²) in [7, 11) is 0. The van der Waals surface area contributed by atoms with E-state index in [-0.39, 0.29) is 6.10 Å². The van der Waals surface area contributed by atoms with E-state index in [2.05, 4.69) is 56.9 Å². The molecule has 0 amide bonds. The molecular weight excluding hydrogens is 308 g/mol. The van der Waals surface area contributed by atoms with Crippen LogP contribution in [-0.4, -0.2) is 41.8 Å². The number of anilines is 2. The summed E-state index contributed by atoms with van der Waals surface area (Å²) in [5, 5.41) is 3.24. The Labute approximate surface area is 122 Å². The fraction of sp³-hybridized carbons (Fsp3) is 0.692. The van der Waals surface area contributed by atoms with E-state index in [9.17, 15) is 0 Å². The van der Waals surface area contributed by atoms with Gasteiger partial charge < -0.3 is 15.0 Å². The van der Waals surface area contributed by atoms with Crippen LogP contribution in [0.3, 0.4) is 0 Å². The van der Waals surface area contributed by atoms with Gasteiger partial charge in [-0.1, -0.05) is 6.92 Å². The zero-order chi connectivity index (χ0) is 13.8. The van der Waals surface area contributed by atoms with E-state index < -0.39 is 0 Å². The summed E-state index contributed by atoms with van der Waals surface area (Å²) in [5.41, 5.74) is 0. The molecule has 0 bridgehead atoms. The maximum atomic E-state index is 5.73. The van der Waals surface area contributed by atoms with Crippen LogP contribution in [0.4, 0.5) is 11.6 Å². The van der Waals surface area contributed by atoms with E-state index in [1.807, 2.05) is 0 Å². The van der Waals surface area contributed by atoms with Gasteiger partial charge in [0.1, 0.15) is 22.4 Å². The first-order valence-electron chi connectivity index (χ1n) is 6.79. The molecular formula is C13H21BrN4O. The first-order valence-corrected chi connectivity index (χ1v) is 7.59. The number of hydrogen-bond donors (Lipinski definition) is 1. The quantitative estimate of drug-likeness (QED) is 0.920. The minimum absolute atomic E-state index is 0.229. The lowest BCUT2D eigenvalue weighted by atomic mass is 10.1. The Morgan fingerprint density at radius 2 is 2.26 bits per heavy atom. The molecule has 106 valence electrons. The highest BCUT2D eigenvalue weighted by Crippen LogP contribution is 2.32. The van der Waals surface area contributed by atoms with Gasteiger partial charge in [-0.2, -0.15) is 0 Å². The lowest BCUT2D eigenvalue weighted by Gasteiger charge is -2.39. The van der Waals surface area contributed by atoms with Crippen molar-refractivity contribution in [3.63, 3.8) is 0 Å². The van der Waals surface area contributed by atoms with Crippen molar-refractivity contribution in [3.8, 4) is 0 Å². The van der Waals surface area contributed by atoms with E-state index in [1.54, 1.807) is 6.33 Å². The maximum absolute atomic E-state index is 5.73. The number of ether oxygens (including phenoxy) is 1. The second kappa shape index (κ2) is 6.52. The fourth-order valence-electron chi connectivity index (χ4n) is 2.29. The summed E-state index contributed by atoms with van der Waals surface area (Å²) in [4.78, 5) is 11.0. The van der Waals surface area contributed by atoms with Crippen molar-refractivity contribution in [1.29, 1.82) is 0 Å². The molecule has 2 atom stereocenters. The number of halogens is 1. The van der Waals surface area contributed by atoms with E-state index in [4.69, 9.17) is 4.74 Å². The molecule has 1 aromatic heterocycles. The highest BCUT2D eigenvalue weighted by molar-refractivity contribution is 9.10. The smallest absolute Gasteiger partial charge is 0.148 e. The van der Waals surface area contributed by atoms with Crippen molar-refractivity contribution in [2.75, 3.05) is 29.9 Å². The predicted octanol–water partition coefficient (Wildman–Crippen LogP) is 2.67. The van der Waals surface area contributed by atoms with E-state index in [0.717, 1.165) is 42.2 Å². The summed E-state index contributed by atoms with van der Waals surface area (Å²) < 4.78 is 6.67. The summed E-state index contributed by atoms with van der Waals surface area (Å²) in [6, 6.07) is 0.372. The molecule has 2 heterocycles. The third kappa shape index (κ3) is 3.17. The van der Waals surface area contributed by atoms with Gasteiger partial charge in [-0.15, -0.1) is 0 Å². The third-order valence-electron chi connectivity index (χ3n) is 3.33. The molecule has 0 spiro atoms. The first kappa shape index (κ1) is 14.5. The monoisotopic (exact) mass is 328 g/mol. The van der Waals surface area contributed by atoms with Crippen LogP contribution in [0.1, 0.15) is 27.2 Å². The van der Waals surface area contributed by atoms with Gasteiger partial charge >= 0.3 is 0 Å². The Morgan fingerprint density at radius 3 is 2.95 bits per heavy atom. The van der Waals surface area contributed by atoms with Crippen LogP contribution < -0.4 is 10.2 Å². The van der Waals surface area contributed by atoms with Crippen LogP contribution >= 0.6 is 15.9 Å². The van der Waals surface area contributed by atoms with Crippen molar-refractivity contribution < 1.29 is 4.74 Å². The Morgan fingerprint density at radius 1 is 1.47 bits per heavy atom. The molecule has 2 rings (SSSR count). The van der Waals surface area contributed by atoms with Crippen LogP contribution in [0.15, 0.2) is 10.8 Å². The van der Waals surface area contributed by atoms with Gasteiger partial charge in [0.05, 0.1) is 18.8 Å². The molecule has 0 radical (unpaired) electrons. The predicted molar refractivity (Wildman–Crippen MR) is 80.7 cm³/mol. The van der Waals surface area contributed by atoms with Gasteiger partial charge in [-0.25, -0.2) is 9.97 Å². The molecule has 0 aromatic carbocycles. The third-order valence-corrected chi connectivity index (χ3v) is 4.06.